The van der Waals surface area contributed by atoms with Crippen molar-refractivity contribution >= 4 is 11.9 Å². The second-order valence-electron chi connectivity index (χ2n) is 6.83. The molecule has 150 valence electrons. The molecule has 0 atom stereocenters. The van der Waals surface area contributed by atoms with Crippen molar-refractivity contribution in [1.29, 1.82) is 0 Å². The van der Waals surface area contributed by atoms with E-state index in [1.54, 1.807) is 0 Å². The van der Waals surface area contributed by atoms with Crippen LogP contribution in [0.5, 0.6) is 0 Å². The van der Waals surface area contributed by atoms with Gasteiger partial charge in [0.1, 0.15) is 6.54 Å². The molecule has 28 heavy (non-hydrogen) atoms. The Morgan fingerprint density at radius 2 is 1.89 bits per heavy atom. The first-order valence-electron chi connectivity index (χ1n) is 8.87. The van der Waals surface area contributed by atoms with Gasteiger partial charge in [-0.2, -0.15) is 18.3 Å². The van der Waals surface area contributed by atoms with E-state index < -0.39 is 36.9 Å². The van der Waals surface area contributed by atoms with Crippen LogP contribution in [0, 0.1) is 0 Å². The number of ether oxygens (including phenoxy) is 1. The Morgan fingerprint density at radius 3 is 2.46 bits per heavy atom. The van der Waals surface area contributed by atoms with Crippen molar-refractivity contribution in [2.75, 3.05) is 13.2 Å². The van der Waals surface area contributed by atoms with Crippen LogP contribution in [0.4, 0.5) is 13.2 Å². The summed E-state index contributed by atoms with van der Waals surface area (Å²) in [6.07, 6.45) is -0.519. The van der Waals surface area contributed by atoms with Gasteiger partial charge in [0, 0.05) is 18.2 Å². The highest BCUT2D eigenvalue weighted by Crippen LogP contribution is 2.43. The van der Waals surface area contributed by atoms with Crippen LogP contribution < -0.4 is 5.32 Å². The minimum Gasteiger partial charge on any atom is -0.454 e. The highest BCUT2D eigenvalue weighted by Gasteiger charge is 2.38. The lowest BCUT2D eigenvalue weighted by molar-refractivity contribution is -0.150. The van der Waals surface area contributed by atoms with Crippen LogP contribution in [-0.4, -0.2) is 34.8 Å². The lowest BCUT2D eigenvalue weighted by Gasteiger charge is -2.42. The number of rotatable bonds is 7. The Morgan fingerprint density at radius 1 is 1.18 bits per heavy atom. The zero-order valence-electron chi connectivity index (χ0n) is 15.0. The quantitative estimate of drug-likeness (QED) is 0.732. The summed E-state index contributed by atoms with van der Waals surface area (Å²) in [5.74, 6) is -1.29. The number of aromatic nitrogens is 2. The number of hydrogen-bond donors (Lipinski definition) is 1. The van der Waals surface area contributed by atoms with Crippen LogP contribution in [-0.2, 0) is 32.5 Å². The van der Waals surface area contributed by atoms with Crippen LogP contribution in [0.2, 0.25) is 0 Å². The van der Waals surface area contributed by atoms with Crippen molar-refractivity contribution in [3.63, 3.8) is 0 Å². The van der Waals surface area contributed by atoms with Crippen molar-refractivity contribution in [2.45, 2.75) is 37.4 Å². The smallest absolute Gasteiger partial charge is 0.435 e. The molecule has 9 heteroatoms. The molecule has 6 nitrogen and oxygen atoms in total. The van der Waals surface area contributed by atoms with E-state index in [0.29, 0.717) is 6.54 Å². The van der Waals surface area contributed by atoms with Crippen LogP contribution >= 0.6 is 0 Å². The number of nitrogens with zero attached hydrogens (tertiary/aromatic N) is 2. The Kier molecular flexibility index (Phi) is 5.71. The summed E-state index contributed by atoms with van der Waals surface area (Å²) in [5.41, 5.74) is -0.0216. The normalized spacial score (nSPS) is 15.5. The number of amides is 1. The molecule has 3 rings (SSSR count). The number of halogens is 3. The summed E-state index contributed by atoms with van der Waals surface area (Å²) in [7, 11) is 0. The molecule has 1 saturated carbocycles. The fraction of sp³-hybridized carbons (Fsp3) is 0.421. The molecule has 2 aromatic rings. The topological polar surface area (TPSA) is 73.2 Å². The average Bonchev–Trinajstić information content (AvgIpc) is 3.09. The minimum atomic E-state index is -4.58. The van der Waals surface area contributed by atoms with Crippen LogP contribution in [0.1, 0.15) is 30.5 Å². The fourth-order valence-corrected chi connectivity index (χ4v) is 3.21. The number of nitrogens with one attached hydrogen (secondary N) is 1. The molecule has 0 bridgehead atoms. The van der Waals surface area contributed by atoms with E-state index >= 15 is 0 Å². The average molecular weight is 395 g/mol. The molecule has 0 saturated heterocycles. The van der Waals surface area contributed by atoms with E-state index in [1.165, 1.54) is 0 Å². The second-order valence-corrected chi connectivity index (χ2v) is 6.83. The minimum absolute atomic E-state index is 0.0933. The van der Waals surface area contributed by atoms with Crippen molar-refractivity contribution in [1.82, 2.24) is 15.1 Å². The second kappa shape index (κ2) is 8.04. The number of carbonyl (C=O) groups excluding carboxylic acids is 2. The van der Waals surface area contributed by atoms with E-state index in [4.69, 9.17) is 4.74 Å². The van der Waals surface area contributed by atoms with Crippen LogP contribution in [0.15, 0.2) is 42.6 Å². The molecule has 1 N–H and O–H groups in total. The van der Waals surface area contributed by atoms with Gasteiger partial charge in [0.05, 0.1) is 0 Å². The lowest BCUT2D eigenvalue weighted by Crippen LogP contribution is -2.46. The Hall–Kier alpha value is -2.84. The molecule has 1 heterocycles. The third kappa shape index (κ3) is 4.71. The van der Waals surface area contributed by atoms with Gasteiger partial charge in [0.2, 0.25) is 0 Å². The van der Waals surface area contributed by atoms with Gasteiger partial charge in [-0.05, 0) is 24.5 Å². The van der Waals surface area contributed by atoms with Crippen molar-refractivity contribution in [3.8, 4) is 0 Å². The molecule has 1 aliphatic rings. The van der Waals surface area contributed by atoms with Gasteiger partial charge >= 0.3 is 12.1 Å². The van der Waals surface area contributed by atoms with Gasteiger partial charge in [0.25, 0.3) is 5.91 Å². The Labute approximate surface area is 159 Å². The lowest BCUT2D eigenvalue weighted by atomic mass is 9.64. The first kappa shape index (κ1) is 19.9. The van der Waals surface area contributed by atoms with E-state index in [1.807, 2.05) is 30.3 Å². The van der Waals surface area contributed by atoms with Crippen LogP contribution in [0.3, 0.4) is 0 Å². The van der Waals surface area contributed by atoms with Gasteiger partial charge in [-0.15, -0.1) is 0 Å². The number of carbonyl (C=O) groups is 2. The van der Waals surface area contributed by atoms with E-state index in [9.17, 15) is 22.8 Å². The Balaban J connectivity index is 1.44. The summed E-state index contributed by atoms with van der Waals surface area (Å²) >= 11 is 0. The maximum Gasteiger partial charge on any atom is 0.435 e. The summed E-state index contributed by atoms with van der Waals surface area (Å²) in [4.78, 5) is 23.7. The number of hydrogen-bond acceptors (Lipinski definition) is 4. The van der Waals surface area contributed by atoms with Crippen LogP contribution in [0.25, 0.3) is 0 Å². The fourth-order valence-electron chi connectivity index (χ4n) is 3.21. The Bertz CT molecular complexity index is 830. The van der Waals surface area contributed by atoms with E-state index in [0.717, 1.165) is 41.8 Å². The predicted octanol–water partition coefficient (Wildman–Crippen LogP) is 2.68. The zero-order chi connectivity index (χ0) is 20.2. The predicted molar refractivity (Wildman–Crippen MR) is 93.2 cm³/mol. The SMILES string of the molecule is O=C(COC(=O)Cn1ccc(C(F)(F)F)n1)NCC1(c2ccccc2)CCC1. The molecule has 1 fully saturated rings. The summed E-state index contributed by atoms with van der Waals surface area (Å²) in [6.45, 7) is -0.546. The summed E-state index contributed by atoms with van der Waals surface area (Å²) in [6, 6.07) is 10.7. The molecule has 1 aliphatic carbocycles. The zero-order valence-corrected chi connectivity index (χ0v) is 15.0. The van der Waals surface area contributed by atoms with Crippen molar-refractivity contribution in [2.24, 2.45) is 0 Å². The largest absolute Gasteiger partial charge is 0.454 e. The van der Waals surface area contributed by atoms with Crippen molar-refractivity contribution in [3.05, 3.63) is 53.9 Å². The van der Waals surface area contributed by atoms with Crippen molar-refractivity contribution < 1.29 is 27.5 Å². The maximum absolute atomic E-state index is 12.5. The maximum atomic E-state index is 12.5. The summed E-state index contributed by atoms with van der Waals surface area (Å²) in [5, 5.41) is 6.04. The highest BCUT2D eigenvalue weighted by atomic mass is 19.4. The standard InChI is InChI=1S/C19H20F3N3O3/c20-19(21,22)15-7-10-25(24-15)11-17(27)28-12-16(26)23-13-18(8-4-9-18)14-5-2-1-3-6-14/h1-3,5-7,10H,4,8-9,11-13H2,(H,23,26). The molecule has 0 aliphatic heterocycles. The molecular formula is C19H20F3N3O3. The van der Waals surface area contributed by atoms with E-state index in [-0.39, 0.29) is 5.41 Å². The number of alkyl halides is 3. The van der Waals surface area contributed by atoms with E-state index in [2.05, 4.69) is 10.4 Å². The first-order chi connectivity index (χ1) is 13.3. The molecular weight excluding hydrogens is 375 g/mol. The van der Waals surface area contributed by atoms with Gasteiger partial charge in [-0.1, -0.05) is 36.8 Å². The molecule has 1 aromatic carbocycles. The first-order valence-corrected chi connectivity index (χ1v) is 8.87. The molecule has 0 spiro atoms. The molecule has 1 amide bonds. The summed E-state index contributed by atoms with van der Waals surface area (Å²) < 4.78 is 43.1. The number of esters is 1. The van der Waals surface area contributed by atoms with Gasteiger partial charge < -0.3 is 10.1 Å². The number of benzene rings is 1. The highest BCUT2D eigenvalue weighted by molar-refractivity contribution is 5.80. The molecule has 1 aromatic heterocycles. The monoisotopic (exact) mass is 395 g/mol. The molecule has 0 unspecified atom stereocenters. The third-order valence-corrected chi connectivity index (χ3v) is 4.91. The third-order valence-electron chi connectivity index (χ3n) is 4.91. The van der Waals surface area contributed by atoms with Gasteiger partial charge in [-0.3, -0.25) is 14.3 Å². The molecule has 0 radical (unpaired) electrons. The van der Waals surface area contributed by atoms with Gasteiger partial charge in [-0.25, -0.2) is 0 Å². The van der Waals surface area contributed by atoms with Gasteiger partial charge in [0.15, 0.2) is 12.3 Å².